The molecule has 2 heterocycles. The minimum atomic E-state index is -0.395. The van der Waals surface area contributed by atoms with Crippen LogP contribution in [0.1, 0.15) is 26.2 Å². The molecule has 1 aliphatic carbocycles. The molecule has 0 aromatic rings. The highest BCUT2D eigenvalue weighted by molar-refractivity contribution is 6.08. The van der Waals surface area contributed by atoms with E-state index in [1.165, 1.54) is 0 Å². The molecule has 3 aliphatic rings. The fourth-order valence-corrected chi connectivity index (χ4v) is 3.67. The SMILES string of the molecule is CCC1=N[C@@]2(CC[C@@H]3CNC[C@@H]32)C(=O)N1C. The summed E-state index contributed by atoms with van der Waals surface area (Å²) in [5.74, 6) is 2.31. The molecule has 0 radical (unpaired) electrons. The van der Waals surface area contributed by atoms with Gasteiger partial charge in [0.25, 0.3) is 5.91 Å². The van der Waals surface area contributed by atoms with Gasteiger partial charge < -0.3 is 10.2 Å². The minimum Gasteiger partial charge on any atom is -0.316 e. The summed E-state index contributed by atoms with van der Waals surface area (Å²) in [6, 6.07) is 0. The third kappa shape index (κ3) is 1.08. The van der Waals surface area contributed by atoms with Gasteiger partial charge in [0.2, 0.25) is 0 Å². The Morgan fingerprint density at radius 1 is 1.56 bits per heavy atom. The topological polar surface area (TPSA) is 44.7 Å². The molecule has 0 aromatic carbocycles. The predicted octanol–water partition coefficient (Wildman–Crippen LogP) is 0.635. The standard InChI is InChI=1S/C12H19N3O/c1-3-10-14-12(11(16)15(10)2)5-4-8-6-13-7-9(8)12/h8-9,13H,3-7H2,1-2H3/t8-,9+,12-/m1/s1. The van der Waals surface area contributed by atoms with Gasteiger partial charge in [-0.2, -0.15) is 0 Å². The molecule has 1 spiro atoms. The van der Waals surface area contributed by atoms with Crippen molar-refractivity contribution in [2.75, 3.05) is 20.1 Å². The molecule has 0 unspecified atom stereocenters. The van der Waals surface area contributed by atoms with E-state index in [0.29, 0.717) is 11.8 Å². The summed E-state index contributed by atoms with van der Waals surface area (Å²) in [5.41, 5.74) is -0.395. The lowest BCUT2D eigenvalue weighted by atomic mass is 9.85. The Kier molecular flexibility index (Phi) is 2.11. The number of amidine groups is 1. The average Bonchev–Trinajstić information content (AvgIpc) is 2.92. The van der Waals surface area contributed by atoms with Crippen LogP contribution < -0.4 is 5.32 Å². The highest BCUT2D eigenvalue weighted by Gasteiger charge is 2.58. The molecule has 3 rings (SSSR count). The highest BCUT2D eigenvalue weighted by atomic mass is 16.2. The maximum absolute atomic E-state index is 12.4. The van der Waals surface area contributed by atoms with Gasteiger partial charge in [0.05, 0.1) is 0 Å². The molecule has 4 nitrogen and oxygen atoms in total. The van der Waals surface area contributed by atoms with Gasteiger partial charge in [-0.15, -0.1) is 0 Å². The van der Waals surface area contributed by atoms with Crippen molar-refractivity contribution in [1.82, 2.24) is 10.2 Å². The molecule has 1 N–H and O–H groups in total. The van der Waals surface area contributed by atoms with Crippen molar-refractivity contribution in [3.63, 3.8) is 0 Å². The molecule has 16 heavy (non-hydrogen) atoms. The van der Waals surface area contributed by atoms with Crippen LogP contribution in [0, 0.1) is 11.8 Å². The van der Waals surface area contributed by atoms with Gasteiger partial charge in [0.1, 0.15) is 11.4 Å². The van der Waals surface area contributed by atoms with Gasteiger partial charge in [0.15, 0.2) is 0 Å². The largest absolute Gasteiger partial charge is 0.316 e. The molecular weight excluding hydrogens is 202 g/mol. The van der Waals surface area contributed by atoms with Gasteiger partial charge in [-0.1, -0.05) is 6.92 Å². The van der Waals surface area contributed by atoms with Crippen LogP contribution in [0.5, 0.6) is 0 Å². The Hall–Kier alpha value is -0.900. The number of aliphatic imine (C=N–C) groups is 1. The van der Waals surface area contributed by atoms with Crippen LogP contribution in [-0.4, -0.2) is 42.3 Å². The quantitative estimate of drug-likeness (QED) is 0.706. The minimum absolute atomic E-state index is 0.237. The van der Waals surface area contributed by atoms with Crippen LogP contribution in [0.4, 0.5) is 0 Å². The van der Waals surface area contributed by atoms with E-state index in [0.717, 1.165) is 38.2 Å². The number of hydrogen-bond acceptors (Lipinski definition) is 3. The molecule has 1 amide bonds. The molecule has 1 saturated heterocycles. The highest BCUT2D eigenvalue weighted by Crippen LogP contribution is 2.48. The summed E-state index contributed by atoms with van der Waals surface area (Å²) in [7, 11) is 1.87. The Morgan fingerprint density at radius 3 is 3.06 bits per heavy atom. The van der Waals surface area contributed by atoms with Gasteiger partial charge in [-0.3, -0.25) is 9.79 Å². The zero-order chi connectivity index (χ0) is 11.3. The molecule has 0 bridgehead atoms. The molecule has 4 heteroatoms. The maximum atomic E-state index is 12.4. The van der Waals surface area contributed by atoms with E-state index >= 15 is 0 Å². The molecule has 0 aromatic heterocycles. The van der Waals surface area contributed by atoms with Gasteiger partial charge in [-0.05, 0) is 25.3 Å². The number of carbonyl (C=O) groups is 1. The molecule has 2 aliphatic heterocycles. The molecule has 3 atom stereocenters. The molecule has 1 saturated carbocycles. The fourth-order valence-electron chi connectivity index (χ4n) is 3.67. The molecule has 88 valence electrons. The summed E-state index contributed by atoms with van der Waals surface area (Å²) in [5, 5.41) is 3.40. The molecule has 2 fully saturated rings. The zero-order valence-corrected chi connectivity index (χ0v) is 9.99. The van der Waals surface area contributed by atoms with E-state index in [-0.39, 0.29) is 5.91 Å². The number of rotatable bonds is 1. The Balaban J connectivity index is 1.99. The first kappa shape index (κ1) is 10.3. The summed E-state index contributed by atoms with van der Waals surface area (Å²) in [6.45, 7) is 4.10. The van der Waals surface area contributed by atoms with Crippen molar-refractivity contribution in [2.45, 2.75) is 31.7 Å². The molecular formula is C12H19N3O. The smallest absolute Gasteiger partial charge is 0.255 e. The number of fused-ring (bicyclic) bond motifs is 2. The van der Waals surface area contributed by atoms with Crippen LogP contribution in [0.2, 0.25) is 0 Å². The average molecular weight is 221 g/mol. The van der Waals surface area contributed by atoms with E-state index in [2.05, 4.69) is 12.2 Å². The predicted molar refractivity (Wildman–Crippen MR) is 62.3 cm³/mol. The van der Waals surface area contributed by atoms with E-state index in [4.69, 9.17) is 4.99 Å². The van der Waals surface area contributed by atoms with Crippen molar-refractivity contribution in [2.24, 2.45) is 16.8 Å². The Bertz CT molecular complexity index is 365. The third-order valence-electron chi connectivity index (χ3n) is 4.56. The van der Waals surface area contributed by atoms with Crippen molar-refractivity contribution in [1.29, 1.82) is 0 Å². The van der Waals surface area contributed by atoms with E-state index in [1.54, 1.807) is 4.90 Å². The van der Waals surface area contributed by atoms with Gasteiger partial charge in [-0.25, -0.2) is 0 Å². The van der Waals surface area contributed by atoms with Crippen molar-refractivity contribution in [3.05, 3.63) is 0 Å². The van der Waals surface area contributed by atoms with E-state index in [9.17, 15) is 4.79 Å². The second-order valence-electron chi connectivity index (χ2n) is 5.23. The van der Waals surface area contributed by atoms with Crippen LogP contribution >= 0.6 is 0 Å². The third-order valence-corrected chi connectivity index (χ3v) is 4.56. The van der Waals surface area contributed by atoms with Crippen molar-refractivity contribution >= 4 is 11.7 Å². The maximum Gasteiger partial charge on any atom is 0.255 e. The summed E-state index contributed by atoms with van der Waals surface area (Å²) >= 11 is 0. The number of nitrogens with one attached hydrogen (secondary N) is 1. The van der Waals surface area contributed by atoms with Crippen LogP contribution in [0.3, 0.4) is 0 Å². The zero-order valence-electron chi connectivity index (χ0n) is 9.99. The first-order chi connectivity index (χ1) is 7.69. The lowest BCUT2D eigenvalue weighted by molar-refractivity contribution is -0.131. The Morgan fingerprint density at radius 2 is 2.38 bits per heavy atom. The van der Waals surface area contributed by atoms with Crippen LogP contribution in [0.25, 0.3) is 0 Å². The monoisotopic (exact) mass is 221 g/mol. The number of carbonyl (C=O) groups excluding carboxylic acids is 1. The summed E-state index contributed by atoms with van der Waals surface area (Å²) in [4.78, 5) is 19.0. The van der Waals surface area contributed by atoms with E-state index in [1.807, 2.05) is 7.05 Å². The number of amides is 1. The number of likely N-dealkylation sites (N-methyl/N-ethyl adjacent to an activating group) is 1. The van der Waals surface area contributed by atoms with E-state index < -0.39 is 5.54 Å². The lowest BCUT2D eigenvalue weighted by Gasteiger charge is -2.25. The first-order valence-corrected chi connectivity index (χ1v) is 6.26. The second kappa shape index (κ2) is 3.29. The lowest BCUT2D eigenvalue weighted by Crippen LogP contribution is -2.45. The summed E-state index contributed by atoms with van der Waals surface area (Å²) < 4.78 is 0. The normalized spacial score (nSPS) is 42.0. The number of hydrogen-bond donors (Lipinski definition) is 1. The van der Waals surface area contributed by atoms with Crippen LogP contribution in [0.15, 0.2) is 4.99 Å². The van der Waals surface area contributed by atoms with Crippen molar-refractivity contribution in [3.8, 4) is 0 Å². The van der Waals surface area contributed by atoms with Gasteiger partial charge in [0, 0.05) is 25.9 Å². The summed E-state index contributed by atoms with van der Waals surface area (Å²) in [6.07, 6.45) is 2.96. The van der Waals surface area contributed by atoms with Gasteiger partial charge >= 0.3 is 0 Å². The van der Waals surface area contributed by atoms with Crippen molar-refractivity contribution < 1.29 is 4.79 Å². The Labute approximate surface area is 96.1 Å². The number of nitrogens with zero attached hydrogens (tertiary/aromatic N) is 2. The second-order valence-corrected chi connectivity index (χ2v) is 5.23. The van der Waals surface area contributed by atoms with Crippen LogP contribution in [-0.2, 0) is 4.79 Å². The first-order valence-electron chi connectivity index (χ1n) is 6.26. The fraction of sp³-hybridized carbons (Fsp3) is 0.833.